The molecule has 6 heteroatoms. The molecule has 3 atom stereocenters. The number of ether oxygens (including phenoxy) is 1. The Morgan fingerprint density at radius 3 is 1.22 bits per heavy atom. The molecular formula is C61H105NO5. The molecule has 3 unspecified atom stereocenters. The Morgan fingerprint density at radius 2 is 0.806 bits per heavy atom. The van der Waals surface area contributed by atoms with Gasteiger partial charge in [0.2, 0.25) is 5.91 Å². The number of unbranched alkanes of at least 4 members (excludes halogenated alkanes) is 21. The van der Waals surface area contributed by atoms with E-state index in [1.54, 1.807) is 0 Å². The zero-order chi connectivity index (χ0) is 48.8. The van der Waals surface area contributed by atoms with Crippen LogP contribution in [0.25, 0.3) is 0 Å². The third-order valence-electron chi connectivity index (χ3n) is 12.2. The van der Waals surface area contributed by atoms with Crippen LogP contribution >= 0.6 is 0 Å². The van der Waals surface area contributed by atoms with Gasteiger partial charge in [-0.15, -0.1) is 0 Å². The highest BCUT2D eigenvalue weighted by Crippen LogP contribution is 2.17. The Morgan fingerprint density at radius 1 is 0.448 bits per heavy atom. The average Bonchev–Trinajstić information content (AvgIpc) is 3.32. The van der Waals surface area contributed by atoms with Crippen LogP contribution in [0.15, 0.2) is 97.2 Å². The van der Waals surface area contributed by atoms with Gasteiger partial charge in [0, 0.05) is 6.42 Å². The highest BCUT2D eigenvalue weighted by Gasteiger charge is 2.24. The van der Waals surface area contributed by atoms with Gasteiger partial charge in [0.25, 0.3) is 0 Å². The first-order valence-electron chi connectivity index (χ1n) is 28.0. The van der Waals surface area contributed by atoms with Gasteiger partial charge in [-0.25, -0.2) is 0 Å². The summed E-state index contributed by atoms with van der Waals surface area (Å²) >= 11 is 0. The number of hydrogen-bond acceptors (Lipinski definition) is 5. The fraction of sp³-hybridized carbons (Fsp3) is 0.705. The Balaban J connectivity index is 4.65. The van der Waals surface area contributed by atoms with Crippen molar-refractivity contribution in [3.05, 3.63) is 97.2 Å². The van der Waals surface area contributed by atoms with E-state index in [-0.39, 0.29) is 24.9 Å². The van der Waals surface area contributed by atoms with Gasteiger partial charge in [-0.1, -0.05) is 234 Å². The molecule has 0 saturated heterocycles. The number of nitrogens with one attached hydrogen (secondary N) is 1. The number of aliphatic hydroxyl groups is 2. The molecule has 0 bridgehead atoms. The van der Waals surface area contributed by atoms with Gasteiger partial charge in [-0.3, -0.25) is 9.59 Å². The molecule has 384 valence electrons. The fourth-order valence-electron chi connectivity index (χ4n) is 8.00. The molecular weight excluding hydrogens is 827 g/mol. The van der Waals surface area contributed by atoms with E-state index in [9.17, 15) is 19.8 Å². The predicted octanol–water partition coefficient (Wildman–Crippen LogP) is 17.3. The predicted molar refractivity (Wildman–Crippen MR) is 291 cm³/mol. The lowest BCUT2D eigenvalue weighted by Gasteiger charge is -2.24. The van der Waals surface area contributed by atoms with Gasteiger partial charge in [0.05, 0.1) is 25.2 Å². The Bertz CT molecular complexity index is 1320. The van der Waals surface area contributed by atoms with E-state index >= 15 is 0 Å². The molecule has 1 amide bonds. The summed E-state index contributed by atoms with van der Waals surface area (Å²) in [5.74, 6) is -0.537. The monoisotopic (exact) mass is 932 g/mol. The molecule has 0 fully saturated rings. The molecule has 0 aliphatic rings. The van der Waals surface area contributed by atoms with Crippen molar-refractivity contribution in [1.82, 2.24) is 5.32 Å². The molecule has 0 aliphatic heterocycles. The van der Waals surface area contributed by atoms with Crippen molar-refractivity contribution >= 4 is 11.9 Å². The number of carbonyl (C=O) groups is 2. The number of allylic oxidation sites excluding steroid dienone is 16. The zero-order valence-electron chi connectivity index (χ0n) is 43.8. The van der Waals surface area contributed by atoms with Gasteiger partial charge in [0.15, 0.2) is 0 Å². The summed E-state index contributed by atoms with van der Waals surface area (Å²) in [7, 11) is 0. The van der Waals surface area contributed by atoms with Gasteiger partial charge < -0.3 is 20.3 Å². The maximum absolute atomic E-state index is 13.3. The van der Waals surface area contributed by atoms with Crippen molar-refractivity contribution in [3.63, 3.8) is 0 Å². The van der Waals surface area contributed by atoms with Crippen molar-refractivity contribution in [2.45, 2.75) is 270 Å². The second-order valence-electron chi connectivity index (χ2n) is 18.6. The molecule has 3 N–H and O–H groups in total. The van der Waals surface area contributed by atoms with E-state index in [1.165, 1.54) is 77.0 Å². The first kappa shape index (κ1) is 63.8. The molecule has 0 heterocycles. The van der Waals surface area contributed by atoms with Crippen LogP contribution < -0.4 is 5.32 Å². The van der Waals surface area contributed by atoms with Crippen LogP contribution in [0.5, 0.6) is 0 Å². The Hall–Kier alpha value is -3.22. The molecule has 0 spiro atoms. The lowest BCUT2D eigenvalue weighted by molar-refractivity contribution is -0.151. The molecule has 0 aromatic heterocycles. The molecule has 0 aromatic carbocycles. The van der Waals surface area contributed by atoms with E-state index < -0.39 is 18.2 Å². The number of hydrogen-bond donors (Lipinski definition) is 3. The van der Waals surface area contributed by atoms with Crippen molar-refractivity contribution in [2.24, 2.45) is 0 Å². The van der Waals surface area contributed by atoms with Crippen molar-refractivity contribution in [1.29, 1.82) is 0 Å². The van der Waals surface area contributed by atoms with Crippen LogP contribution in [0, 0.1) is 0 Å². The molecule has 67 heavy (non-hydrogen) atoms. The number of carbonyl (C=O) groups excluding carboxylic acids is 2. The highest BCUT2D eigenvalue weighted by atomic mass is 16.5. The number of amides is 1. The SMILES string of the molecule is CC/C=C\C/C=C\C/C=C\C/C=C\C/C=C\CCCCCC(=O)OC(CCCCCC/C=C/C/C=C/C/C=C/CC)CC(=O)NC(CO)C(O)CCCCCCCCCCCCCCCCC. The maximum Gasteiger partial charge on any atom is 0.306 e. The van der Waals surface area contributed by atoms with Gasteiger partial charge >= 0.3 is 5.97 Å². The standard InChI is InChI=1S/C61H105NO5/c1-4-7-10-13-16-19-22-25-28-29-30-31-33-36-39-42-45-48-51-54-61(66)67-57(52-49-46-43-40-37-34-27-24-21-18-15-12-9-6-3)55-60(65)62-58(56-63)59(64)53-50-47-44-41-38-35-32-26-23-20-17-14-11-8-5-2/h7,9-10,12,16,18-19,21,25,27-28,30-31,34,36,39,57-59,63-64H,4-6,8,11,13-15,17,20,22-24,26,29,32-33,35,37-38,40-56H2,1-3H3,(H,62,65)/b10-7-,12-9+,19-16-,21-18+,28-25-,31-30-,34-27+,39-36-. The molecule has 0 aromatic rings. The number of rotatable bonds is 49. The van der Waals surface area contributed by atoms with Crippen LogP contribution in [0.1, 0.15) is 252 Å². The van der Waals surface area contributed by atoms with Crippen LogP contribution in [0.4, 0.5) is 0 Å². The van der Waals surface area contributed by atoms with E-state index in [2.05, 4.69) is 123 Å². The Kier molecular flexibility index (Phi) is 51.1. The lowest BCUT2D eigenvalue weighted by atomic mass is 10.0. The van der Waals surface area contributed by atoms with E-state index in [0.717, 1.165) is 128 Å². The number of aliphatic hydroxyl groups excluding tert-OH is 2. The molecule has 0 rings (SSSR count). The molecule has 0 aliphatic carbocycles. The summed E-state index contributed by atoms with van der Waals surface area (Å²) in [6.45, 7) is 6.25. The average molecular weight is 933 g/mol. The minimum absolute atomic E-state index is 0.0441. The second-order valence-corrected chi connectivity index (χ2v) is 18.6. The van der Waals surface area contributed by atoms with E-state index in [0.29, 0.717) is 19.3 Å². The van der Waals surface area contributed by atoms with Crippen molar-refractivity contribution in [3.8, 4) is 0 Å². The van der Waals surface area contributed by atoms with E-state index in [1.807, 2.05) is 0 Å². The fourth-order valence-corrected chi connectivity index (χ4v) is 8.00. The smallest absolute Gasteiger partial charge is 0.306 e. The van der Waals surface area contributed by atoms with Gasteiger partial charge in [0.1, 0.15) is 6.10 Å². The van der Waals surface area contributed by atoms with E-state index in [4.69, 9.17) is 4.74 Å². The van der Waals surface area contributed by atoms with Crippen LogP contribution in [0.2, 0.25) is 0 Å². The van der Waals surface area contributed by atoms with Gasteiger partial charge in [-0.2, -0.15) is 0 Å². The summed E-state index contributed by atoms with van der Waals surface area (Å²) in [5.41, 5.74) is 0. The van der Waals surface area contributed by atoms with Crippen LogP contribution in [-0.2, 0) is 14.3 Å². The summed E-state index contributed by atoms with van der Waals surface area (Å²) in [4.78, 5) is 26.2. The quantitative estimate of drug-likeness (QED) is 0.0321. The first-order valence-corrected chi connectivity index (χ1v) is 28.0. The number of esters is 1. The summed E-state index contributed by atoms with van der Waals surface area (Å²) in [6, 6.07) is -0.722. The van der Waals surface area contributed by atoms with Crippen molar-refractivity contribution in [2.75, 3.05) is 6.61 Å². The Labute approximate surface area is 414 Å². The minimum atomic E-state index is -0.806. The molecule has 6 nitrogen and oxygen atoms in total. The maximum atomic E-state index is 13.3. The first-order chi connectivity index (χ1) is 33.0. The van der Waals surface area contributed by atoms with Crippen LogP contribution in [0.3, 0.4) is 0 Å². The molecule has 0 saturated carbocycles. The largest absolute Gasteiger partial charge is 0.462 e. The topological polar surface area (TPSA) is 95.9 Å². The second kappa shape index (κ2) is 53.7. The summed E-state index contributed by atoms with van der Waals surface area (Å²) in [6.07, 6.45) is 71.8. The zero-order valence-corrected chi connectivity index (χ0v) is 43.8. The highest BCUT2D eigenvalue weighted by molar-refractivity contribution is 5.77. The third-order valence-corrected chi connectivity index (χ3v) is 12.2. The minimum Gasteiger partial charge on any atom is -0.462 e. The van der Waals surface area contributed by atoms with Crippen molar-refractivity contribution < 1.29 is 24.5 Å². The normalized spacial score (nSPS) is 13.9. The van der Waals surface area contributed by atoms with Gasteiger partial charge in [-0.05, 0) is 103 Å². The van der Waals surface area contributed by atoms with Crippen LogP contribution in [-0.4, -0.2) is 46.9 Å². The summed E-state index contributed by atoms with van der Waals surface area (Å²) < 4.78 is 5.93. The summed E-state index contributed by atoms with van der Waals surface area (Å²) in [5, 5.41) is 23.9. The lowest BCUT2D eigenvalue weighted by Crippen LogP contribution is -2.46. The third kappa shape index (κ3) is 49.0. The molecule has 0 radical (unpaired) electrons.